The Morgan fingerprint density at radius 2 is 1.97 bits per heavy atom. The van der Waals surface area contributed by atoms with Crippen LogP contribution >= 0.6 is 11.6 Å². The lowest BCUT2D eigenvalue weighted by Crippen LogP contribution is -2.35. The number of amides is 1. The number of nitrogens with one attached hydrogen (secondary N) is 2. The first-order valence-corrected chi connectivity index (χ1v) is 10.0. The summed E-state index contributed by atoms with van der Waals surface area (Å²) >= 11 is 6.44. The van der Waals surface area contributed by atoms with E-state index in [0.29, 0.717) is 46.4 Å². The fraction of sp³-hybridized carbons (Fsp3) is 0.273. The zero-order valence-electron chi connectivity index (χ0n) is 16.8. The summed E-state index contributed by atoms with van der Waals surface area (Å²) < 4.78 is 5.04. The van der Waals surface area contributed by atoms with Gasteiger partial charge < -0.3 is 15.4 Å². The van der Waals surface area contributed by atoms with Crippen molar-refractivity contribution in [1.82, 2.24) is 15.6 Å². The summed E-state index contributed by atoms with van der Waals surface area (Å²) in [7, 11) is 1.32. The average Bonchev–Trinajstić information content (AvgIpc) is 2.77. The highest BCUT2D eigenvalue weighted by molar-refractivity contribution is 6.31. The summed E-state index contributed by atoms with van der Waals surface area (Å²) in [6.45, 7) is 2.40. The molecule has 1 aliphatic heterocycles. The number of hydrogen-bond acceptors (Lipinski definition) is 6. The number of aromatic nitrogens is 1. The predicted molar refractivity (Wildman–Crippen MR) is 115 cm³/mol. The second-order valence-electron chi connectivity index (χ2n) is 6.58. The van der Waals surface area contributed by atoms with Gasteiger partial charge in [-0.1, -0.05) is 35.9 Å². The topological polar surface area (TPSA) is 92.7 Å². The number of benzene rings is 1. The number of aliphatic imine (C=N–C) groups is 1. The van der Waals surface area contributed by atoms with Crippen molar-refractivity contribution in [2.75, 3.05) is 13.7 Å². The van der Waals surface area contributed by atoms with E-state index in [1.807, 2.05) is 43.3 Å². The largest absolute Gasteiger partial charge is 0.466 e. The van der Waals surface area contributed by atoms with Crippen LogP contribution in [-0.4, -0.2) is 36.4 Å². The SMILES string of the molecule is CCNC(=O)CCC1=C(C(=O)OC)C(c2ccccc2Cl)N=C(c2ccccn2)N1. The van der Waals surface area contributed by atoms with Crippen LogP contribution in [-0.2, 0) is 14.3 Å². The Hall–Kier alpha value is -3.19. The number of methoxy groups -OCH3 is 1. The normalized spacial score (nSPS) is 15.8. The highest BCUT2D eigenvalue weighted by atomic mass is 35.5. The van der Waals surface area contributed by atoms with Crippen molar-refractivity contribution in [3.8, 4) is 0 Å². The van der Waals surface area contributed by atoms with Gasteiger partial charge in [0.15, 0.2) is 5.84 Å². The monoisotopic (exact) mass is 426 g/mol. The maximum Gasteiger partial charge on any atom is 0.338 e. The van der Waals surface area contributed by atoms with Gasteiger partial charge in [-0.2, -0.15) is 0 Å². The van der Waals surface area contributed by atoms with Crippen molar-refractivity contribution in [2.45, 2.75) is 25.8 Å². The number of pyridine rings is 1. The van der Waals surface area contributed by atoms with Gasteiger partial charge in [0.2, 0.25) is 5.91 Å². The number of rotatable bonds is 7. The Kier molecular flexibility index (Phi) is 7.19. The Labute approximate surface area is 180 Å². The van der Waals surface area contributed by atoms with Gasteiger partial charge in [0.25, 0.3) is 0 Å². The fourth-order valence-corrected chi connectivity index (χ4v) is 3.46. The summed E-state index contributed by atoms with van der Waals surface area (Å²) in [4.78, 5) is 33.9. The van der Waals surface area contributed by atoms with Gasteiger partial charge in [0, 0.05) is 35.4 Å². The van der Waals surface area contributed by atoms with Gasteiger partial charge in [0.05, 0.1) is 12.7 Å². The molecule has 8 heteroatoms. The number of ether oxygens (including phenoxy) is 1. The molecule has 0 spiro atoms. The van der Waals surface area contributed by atoms with E-state index in [1.165, 1.54) is 7.11 Å². The smallest absolute Gasteiger partial charge is 0.338 e. The van der Waals surface area contributed by atoms with E-state index < -0.39 is 12.0 Å². The molecule has 1 aromatic heterocycles. The van der Waals surface area contributed by atoms with Crippen LogP contribution in [0.3, 0.4) is 0 Å². The molecular weight excluding hydrogens is 404 g/mol. The molecule has 0 aliphatic carbocycles. The van der Waals surface area contributed by atoms with Crippen molar-refractivity contribution in [2.24, 2.45) is 4.99 Å². The van der Waals surface area contributed by atoms with Gasteiger partial charge >= 0.3 is 5.97 Å². The molecule has 1 aliphatic rings. The first-order chi connectivity index (χ1) is 14.5. The number of halogens is 1. The van der Waals surface area contributed by atoms with E-state index in [4.69, 9.17) is 21.3 Å². The minimum absolute atomic E-state index is 0.104. The molecule has 1 aromatic carbocycles. The van der Waals surface area contributed by atoms with Crippen molar-refractivity contribution in [3.05, 3.63) is 76.2 Å². The van der Waals surface area contributed by atoms with Crippen molar-refractivity contribution < 1.29 is 14.3 Å². The Morgan fingerprint density at radius 3 is 2.63 bits per heavy atom. The Bertz CT molecular complexity index is 989. The number of amidine groups is 1. The van der Waals surface area contributed by atoms with Gasteiger partial charge in [-0.15, -0.1) is 0 Å². The summed E-state index contributed by atoms with van der Waals surface area (Å²) in [5.74, 6) is -0.131. The molecular formula is C22H23ClN4O3. The van der Waals surface area contributed by atoms with Crippen LogP contribution in [0.2, 0.25) is 5.02 Å². The van der Waals surface area contributed by atoms with E-state index in [2.05, 4.69) is 15.6 Å². The van der Waals surface area contributed by atoms with Gasteiger partial charge in [-0.3, -0.25) is 14.8 Å². The van der Waals surface area contributed by atoms with E-state index in [-0.39, 0.29) is 12.3 Å². The average molecular weight is 427 g/mol. The minimum Gasteiger partial charge on any atom is -0.466 e. The van der Waals surface area contributed by atoms with E-state index in [9.17, 15) is 9.59 Å². The molecule has 2 heterocycles. The quantitative estimate of drug-likeness (QED) is 0.663. The van der Waals surface area contributed by atoms with Gasteiger partial charge in [-0.25, -0.2) is 4.79 Å². The summed E-state index contributed by atoms with van der Waals surface area (Å²) in [5.41, 5.74) is 2.18. The zero-order chi connectivity index (χ0) is 21.5. The highest BCUT2D eigenvalue weighted by Crippen LogP contribution is 2.36. The van der Waals surface area contributed by atoms with Gasteiger partial charge in [-0.05, 0) is 31.5 Å². The van der Waals surface area contributed by atoms with Crippen LogP contribution in [0, 0.1) is 0 Å². The fourth-order valence-electron chi connectivity index (χ4n) is 3.22. The number of carbonyl (C=O) groups is 2. The van der Waals surface area contributed by atoms with E-state index in [0.717, 1.165) is 0 Å². The van der Waals surface area contributed by atoms with Crippen molar-refractivity contribution in [3.63, 3.8) is 0 Å². The molecule has 30 heavy (non-hydrogen) atoms. The third kappa shape index (κ3) is 4.86. The van der Waals surface area contributed by atoms with E-state index >= 15 is 0 Å². The molecule has 0 saturated carbocycles. The standard InChI is InChI=1S/C22H23ClN4O3/c1-3-24-18(28)12-11-16-19(22(29)30-2)20(14-8-4-5-9-15(14)23)27-21(26-16)17-10-6-7-13-25-17/h4-10,13,20H,3,11-12H2,1-2H3,(H,24,28)(H,26,27). The summed E-state index contributed by atoms with van der Waals surface area (Å²) in [6.07, 6.45) is 2.18. The van der Waals surface area contributed by atoms with Crippen LogP contribution in [0.25, 0.3) is 0 Å². The van der Waals surface area contributed by atoms with Crippen LogP contribution < -0.4 is 10.6 Å². The zero-order valence-corrected chi connectivity index (χ0v) is 17.6. The molecule has 0 saturated heterocycles. The Morgan fingerprint density at radius 1 is 1.20 bits per heavy atom. The molecule has 2 N–H and O–H groups in total. The first-order valence-electron chi connectivity index (χ1n) is 9.63. The number of allylic oxidation sites excluding steroid dienone is 1. The van der Waals surface area contributed by atoms with Crippen LogP contribution in [0.1, 0.15) is 37.1 Å². The lowest BCUT2D eigenvalue weighted by molar-refractivity contribution is -0.136. The molecule has 1 amide bonds. The molecule has 1 atom stereocenters. The van der Waals surface area contributed by atoms with Crippen LogP contribution in [0.15, 0.2) is 64.9 Å². The Balaban J connectivity index is 2.09. The molecule has 156 valence electrons. The van der Waals surface area contributed by atoms with Crippen LogP contribution in [0.4, 0.5) is 0 Å². The lowest BCUT2D eigenvalue weighted by atomic mass is 9.93. The van der Waals surface area contributed by atoms with Crippen molar-refractivity contribution >= 4 is 29.3 Å². The lowest BCUT2D eigenvalue weighted by Gasteiger charge is -2.27. The molecule has 3 rings (SSSR count). The van der Waals surface area contributed by atoms with Crippen LogP contribution in [0.5, 0.6) is 0 Å². The summed E-state index contributed by atoms with van der Waals surface area (Å²) in [6, 6.07) is 12.0. The number of hydrogen-bond donors (Lipinski definition) is 2. The first kappa shape index (κ1) is 21.5. The molecule has 0 fully saturated rings. The molecule has 2 aromatic rings. The molecule has 1 unspecified atom stereocenters. The predicted octanol–water partition coefficient (Wildman–Crippen LogP) is 3.17. The second-order valence-corrected chi connectivity index (χ2v) is 6.99. The maximum atomic E-state index is 12.7. The maximum absolute atomic E-state index is 12.7. The number of carbonyl (C=O) groups excluding carboxylic acids is 2. The van der Waals surface area contributed by atoms with E-state index in [1.54, 1.807) is 12.3 Å². The second kappa shape index (κ2) is 10.0. The molecule has 7 nitrogen and oxygen atoms in total. The third-order valence-electron chi connectivity index (χ3n) is 4.61. The van der Waals surface area contributed by atoms with Crippen molar-refractivity contribution in [1.29, 1.82) is 0 Å². The minimum atomic E-state index is -0.686. The van der Waals surface area contributed by atoms with Gasteiger partial charge in [0.1, 0.15) is 11.7 Å². The molecule has 0 radical (unpaired) electrons. The number of nitrogens with zero attached hydrogens (tertiary/aromatic N) is 2. The number of esters is 1. The highest BCUT2D eigenvalue weighted by Gasteiger charge is 2.33. The summed E-state index contributed by atoms with van der Waals surface area (Å²) in [5, 5.41) is 6.45. The third-order valence-corrected chi connectivity index (χ3v) is 4.96. The molecule has 0 bridgehead atoms.